The van der Waals surface area contributed by atoms with Gasteiger partial charge in [0, 0.05) is 31.3 Å². The summed E-state index contributed by atoms with van der Waals surface area (Å²) in [5.74, 6) is 0.572. The summed E-state index contributed by atoms with van der Waals surface area (Å²) in [5, 5.41) is 3.09. The summed E-state index contributed by atoms with van der Waals surface area (Å²) in [6.45, 7) is 6.06. The second-order valence-corrected chi connectivity index (χ2v) is 8.22. The second kappa shape index (κ2) is 7.65. The molecule has 9 heteroatoms. The molecule has 3 aromatic rings. The molecule has 0 bridgehead atoms. The van der Waals surface area contributed by atoms with Crippen molar-refractivity contribution < 1.29 is 22.4 Å². The lowest BCUT2D eigenvalue weighted by molar-refractivity contribution is -0.138. The molecule has 1 aromatic heterocycles. The van der Waals surface area contributed by atoms with Crippen LogP contribution in [-0.4, -0.2) is 26.9 Å². The number of fused-ring (bicyclic) bond motifs is 1. The largest absolute Gasteiger partial charge is 0.416 e. The number of carbonyl (C=O) groups excluding carboxylic acids is 1. The molecule has 0 atom stereocenters. The molecule has 0 unspecified atom stereocenters. The van der Waals surface area contributed by atoms with E-state index in [-0.39, 0.29) is 11.6 Å². The van der Waals surface area contributed by atoms with Gasteiger partial charge in [-0.25, -0.2) is 9.37 Å². The summed E-state index contributed by atoms with van der Waals surface area (Å²) in [7, 11) is 0. The average molecular weight is 446 g/mol. The van der Waals surface area contributed by atoms with Crippen molar-refractivity contribution in [2.45, 2.75) is 39.0 Å². The van der Waals surface area contributed by atoms with Crippen LogP contribution in [0.5, 0.6) is 0 Å². The van der Waals surface area contributed by atoms with Gasteiger partial charge in [-0.3, -0.25) is 4.79 Å². The Morgan fingerprint density at radius 3 is 2.41 bits per heavy atom. The molecule has 1 amide bonds. The lowest BCUT2D eigenvalue weighted by Crippen LogP contribution is -2.51. The van der Waals surface area contributed by atoms with E-state index in [1.54, 1.807) is 23.1 Å². The minimum Gasteiger partial charge on any atom is -0.340 e. The van der Waals surface area contributed by atoms with E-state index in [0.717, 1.165) is 12.1 Å². The molecule has 2 aromatic carbocycles. The number of halogens is 4. The number of carbonyl (C=O) groups is 1. The number of anilines is 2. The third-order valence-corrected chi connectivity index (χ3v) is 5.69. The van der Waals surface area contributed by atoms with Crippen molar-refractivity contribution in [3.63, 3.8) is 0 Å². The van der Waals surface area contributed by atoms with Gasteiger partial charge in [0.25, 0.3) is 0 Å². The summed E-state index contributed by atoms with van der Waals surface area (Å²) in [6, 6.07) is 10.6. The lowest BCUT2D eigenvalue weighted by atomic mass is 9.99. The molecule has 5 nitrogen and oxygen atoms in total. The predicted molar refractivity (Wildman–Crippen MR) is 113 cm³/mol. The molecule has 0 aliphatic carbocycles. The molecule has 0 fully saturated rings. The quantitative estimate of drug-likeness (QED) is 0.537. The number of benzene rings is 2. The highest BCUT2D eigenvalue weighted by atomic mass is 19.4. The molecule has 1 N–H and O–H groups in total. The summed E-state index contributed by atoms with van der Waals surface area (Å²) in [5.41, 5.74) is -0.194. The first-order valence-electron chi connectivity index (χ1n) is 10.1. The minimum absolute atomic E-state index is 0.0973. The highest BCUT2D eigenvalue weighted by Gasteiger charge is 2.40. The number of nitrogens with one attached hydrogen (secondary N) is 1. The maximum Gasteiger partial charge on any atom is 0.416 e. The molecule has 0 radical (unpaired) electrons. The SMILES string of the molecule is CC(=O)N1CCn2c(nc(-c3ccc(F)cc3)c2Nc2cccc(C(F)(F)F)c2)C1(C)C. The zero-order valence-electron chi connectivity index (χ0n) is 17.8. The van der Waals surface area contributed by atoms with Crippen LogP contribution in [0.2, 0.25) is 0 Å². The van der Waals surface area contributed by atoms with Crippen LogP contribution in [0.15, 0.2) is 48.5 Å². The predicted octanol–water partition coefficient (Wildman–Crippen LogP) is 5.55. The summed E-state index contributed by atoms with van der Waals surface area (Å²) in [4.78, 5) is 18.6. The van der Waals surface area contributed by atoms with E-state index in [2.05, 4.69) is 5.32 Å². The Labute approximate surface area is 182 Å². The third-order valence-electron chi connectivity index (χ3n) is 5.69. The van der Waals surface area contributed by atoms with E-state index < -0.39 is 23.1 Å². The van der Waals surface area contributed by atoms with E-state index in [0.29, 0.717) is 36.0 Å². The van der Waals surface area contributed by atoms with Crippen molar-refractivity contribution in [2.24, 2.45) is 0 Å². The van der Waals surface area contributed by atoms with Crippen molar-refractivity contribution in [3.8, 4) is 11.3 Å². The Morgan fingerprint density at radius 2 is 1.78 bits per heavy atom. The Kier molecular flexibility index (Phi) is 5.22. The molecule has 1 aliphatic rings. The number of aromatic nitrogens is 2. The van der Waals surface area contributed by atoms with Crippen molar-refractivity contribution in [1.29, 1.82) is 0 Å². The fourth-order valence-corrected chi connectivity index (χ4v) is 4.13. The van der Waals surface area contributed by atoms with E-state index in [1.807, 2.05) is 18.4 Å². The second-order valence-electron chi connectivity index (χ2n) is 8.22. The van der Waals surface area contributed by atoms with Crippen LogP contribution < -0.4 is 5.32 Å². The fraction of sp³-hybridized carbons (Fsp3) is 0.304. The van der Waals surface area contributed by atoms with E-state index in [4.69, 9.17) is 4.98 Å². The molecular weight excluding hydrogens is 424 g/mol. The average Bonchev–Trinajstić information content (AvgIpc) is 3.07. The molecule has 4 rings (SSSR count). The van der Waals surface area contributed by atoms with E-state index >= 15 is 0 Å². The Balaban J connectivity index is 1.86. The van der Waals surface area contributed by atoms with Crippen molar-refractivity contribution >= 4 is 17.4 Å². The van der Waals surface area contributed by atoms with E-state index in [9.17, 15) is 22.4 Å². The van der Waals surface area contributed by atoms with Gasteiger partial charge in [0.2, 0.25) is 5.91 Å². The minimum atomic E-state index is -4.47. The number of nitrogens with zero attached hydrogens (tertiary/aromatic N) is 3. The lowest BCUT2D eigenvalue weighted by Gasteiger charge is -2.42. The van der Waals surface area contributed by atoms with Gasteiger partial charge >= 0.3 is 6.18 Å². The Bertz CT molecular complexity index is 1170. The van der Waals surface area contributed by atoms with Crippen LogP contribution >= 0.6 is 0 Å². The smallest absolute Gasteiger partial charge is 0.340 e. The van der Waals surface area contributed by atoms with Crippen LogP contribution in [0.1, 0.15) is 32.2 Å². The number of rotatable bonds is 3. The van der Waals surface area contributed by atoms with Gasteiger partial charge in [-0.1, -0.05) is 6.07 Å². The first-order valence-corrected chi connectivity index (χ1v) is 10.1. The summed E-state index contributed by atoms with van der Waals surface area (Å²) < 4.78 is 55.0. The van der Waals surface area contributed by atoms with Crippen LogP contribution in [0.4, 0.5) is 29.1 Å². The fourth-order valence-electron chi connectivity index (χ4n) is 4.13. The first-order chi connectivity index (χ1) is 15.0. The molecule has 1 aliphatic heterocycles. The molecule has 168 valence electrons. The van der Waals surface area contributed by atoms with Gasteiger partial charge in [0.05, 0.1) is 11.1 Å². The number of hydrogen-bond donors (Lipinski definition) is 1. The molecular formula is C23H22F4N4O. The van der Waals surface area contributed by atoms with Gasteiger partial charge < -0.3 is 14.8 Å². The van der Waals surface area contributed by atoms with Gasteiger partial charge in [0.1, 0.15) is 23.2 Å². The monoisotopic (exact) mass is 446 g/mol. The maximum atomic E-state index is 13.5. The highest BCUT2D eigenvalue weighted by molar-refractivity contribution is 5.78. The van der Waals surface area contributed by atoms with Crippen molar-refractivity contribution in [3.05, 3.63) is 65.7 Å². The number of alkyl halides is 3. The molecule has 0 saturated heterocycles. The van der Waals surface area contributed by atoms with Gasteiger partial charge in [0.15, 0.2) is 0 Å². The van der Waals surface area contributed by atoms with Crippen LogP contribution in [-0.2, 0) is 23.1 Å². The number of hydrogen-bond acceptors (Lipinski definition) is 3. The Hall–Kier alpha value is -3.36. The summed E-state index contributed by atoms with van der Waals surface area (Å²) >= 11 is 0. The van der Waals surface area contributed by atoms with Crippen LogP contribution in [0.25, 0.3) is 11.3 Å². The van der Waals surface area contributed by atoms with Crippen LogP contribution in [0, 0.1) is 5.82 Å². The normalized spacial score (nSPS) is 15.4. The Morgan fingerprint density at radius 1 is 1.09 bits per heavy atom. The zero-order valence-corrected chi connectivity index (χ0v) is 17.8. The summed E-state index contributed by atoms with van der Waals surface area (Å²) in [6.07, 6.45) is -4.47. The van der Waals surface area contributed by atoms with Gasteiger partial charge in [-0.2, -0.15) is 13.2 Å². The van der Waals surface area contributed by atoms with Gasteiger partial charge in [-0.05, 0) is 56.3 Å². The van der Waals surface area contributed by atoms with Gasteiger partial charge in [-0.15, -0.1) is 0 Å². The maximum absolute atomic E-state index is 13.5. The van der Waals surface area contributed by atoms with Crippen molar-refractivity contribution in [1.82, 2.24) is 14.5 Å². The highest BCUT2D eigenvalue weighted by Crippen LogP contribution is 2.40. The zero-order chi connectivity index (χ0) is 23.3. The third kappa shape index (κ3) is 3.83. The standard InChI is InChI=1S/C23H22F4N4O/c1-14(32)31-12-11-30-20(28-18-6-4-5-16(13-18)23(25,26)27)19(29-21(30)22(31,2)3)15-7-9-17(24)10-8-15/h4-10,13,28H,11-12H2,1-3H3. The molecule has 32 heavy (non-hydrogen) atoms. The van der Waals surface area contributed by atoms with E-state index in [1.165, 1.54) is 25.1 Å². The molecule has 2 heterocycles. The molecule has 0 saturated carbocycles. The number of amides is 1. The van der Waals surface area contributed by atoms with Crippen molar-refractivity contribution in [2.75, 3.05) is 11.9 Å². The van der Waals surface area contributed by atoms with Crippen LogP contribution in [0.3, 0.4) is 0 Å². The first kappa shape index (κ1) is 21.9. The topological polar surface area (TPSA) is 50.2 Å². The number of imidazole rings is 1. The molecule has 0 spiro atoms.